The van der Waals surface area contributed by atoms with Crippen LogP contribution in [0.25, 0.3) is 11.3 Å². The molecule has 27 heavy (non-hydrogen) atoms. The lowest BCUT2D eigenvalue weighted by Crippen LogP contribution is -2.10. The molecule has 2 aromatic carbocycles. The van der Waals surface area contributed by atoms with Gasteiger partial charge in [-0.05, 0) is 30.7 Å². The molecule has 3 aromatic rings. The van der Waals surface area contributed by atoms with E-state index in [9.17, 15) is 9.59 Å². The van der Waals surface area contributed by atoms with Gasteiger partial charge in [-0.1, -0.05) is 43.7 Å². The van der Waals surface area contributed by atoms with Gasteiger partial charge in [0.1, 0.15) is 0 Å². The predicted molar refractivity (Wildman–Crippen MR) is 105 cm³/mol. The van der Waals surface area contributed by atoms with E-state index in [0.29, 0.717) is 29.5 Å². The van der Waals surface area contributed by atoms with Gasteiger partial charge >= 0.3 is 5.97 Å². The highest BCUT2D eigenvalue weighted by atomic mass is 16.5. The third-order valence-electron chi connectivity index (χ3n) is 3.93. The Kier molecular flexibility index (Phi) is 5.99. The molecule has 1 heterocycles. The number of aromatic nitrogens is 2. The predicted octanol–water partition coefficient (Wildman–Crippen LogP) is 4.14. The fraction of sp³-hybridized carbons (Fsp3) is 0.190. The Balaban J connectivity index is 1.73. The zero-order valence-electron chi connectivity index (χ0n) is 15.1. The van der Waals surface area contributed by atoms with Gasteiger partial charge in [0.25, 0.3) is 5.56 Å². The number of unbranched alkanes of at least 4 members (excludes halogenated alkanes) is 1. The maximum absolute atomic E-state index is 11.9. The molecule has 2 N–H and O–H groups in total. The standard InChI is InChI=1S/C21H21N3O3/c1-2-3-13-27-20(26)16-9-11-17(12-10-16)22-21-23-18(14-19(25)24-21)15-7-5-4-6-8-15/h4-12,14H,2-3,13H2,1H3,(H2,22,23,24,25). The van der Waals surface area contributed by atoms with Crippen molar-refractivity contribution in [3.8, 4) is 11.3 Å². The molecule has 0 saturated carbocycles. The highest BCUT2D eigenvalue weighted by molar-refractivity contribution is 5.89. The van der Waals surface area contributed by atoms with E-state index in [1.54, 1.807) is 24.3 Å². The lowest BCUT2D eigenvalue weighted by Gasteiger charge is -2.08. The first-order chi connectivity index (χ1) is 13.2. The summed E-state index contributed by atoms with van der Waals surface area (Å²) in [7, 11) is 0. The van der Waals surface area contributed by atoms with Gasteiger partial charge < -0.3 is 10.1 Å². The zero-order valence-corrected chi connectivity index (χ0v) is 15.1. The number of carbonyl (C=O) groups excluding carboxylic acids is 1. The Hall–Kier alpha value is -3.41. The molecule has 138 valence electrons. The molecule has 6 heteroatoms. The van der Waals surface area contributed by atoms with E-state index in [4.69, 9.17) is 4.74 Å². The Labute approximate surface area is 157 Å². The highest BCUT2D eigenvalue weighted by Gasteiger charge is 2.08. The van der Waals surface area contributed by atoms with Crippen molar-refractivity contribution in [2.45, 2.75) is 19.8 Å². The molecule has 0 saturated heterocycles. The monoisotopic (exact) mass is 363 g/mol. The van der Waals surface area contributed by atoms with Crippen LogP contribution in [0, 0.1) is 0 Å². The number of benzene rings is 2. The van der Waals surface area contributed by atoms with E-state index in [2.05, 4.69) is 15.3 Å². The Morgan fingerprint density at radius 3 is 2.56 bits per heavy atom. The van der Waals surface area contributed by atoms with Gasteiger partial charge in [-0.25, -0.2) is 9.78 Å². The summed E-state index contributed by atoms with van der Waals surface area (Å²) in [5, 5.41) is 3.05. The van der Waals surface area contributed by atoms with Crippen LogP contribution in [0.15, 0.2) is 65.5 Å². The van der Waals surface area contributed by atoms with E-state index in [0.717, 1.165) is 18.4 Å². The Bertz CT molecular complexity index is 950. The molecule has 0 fully saturated rings. The minimum Gasteiger partial charge on any atom is -0.462 e. The first-order valence-corrected chi connectivity index (χ1v) is 8.86. The molecule has 6 nitrogen and oxygen atoms in total. The van der Waals surface area contributed by atoms with Crippen LogP contribution in [0.1, 0.15) is 30.1 Å². The second-order valence-corrected chi connectivity index (χ2v) is 6.04. The fourth-order valence-corrected chi connectivity index (χ4v) is 2.49. The third-order valence-corrected chi connectivity index (χ3v) is 3.93. The maximum Gasteiger partial charge on any atom is 0.338 e. The topological polar surface area (TPSA) is 84.1 Å². The number of ether oxygens (including phenoxy) is 1. The highest BCUT2D eigenvalue weighted by Crippen LogP contribution is 2.18. The molecule has 0 aliphatic carbocycles. The number of nitrogens with one attached hydrogen (secondary N) is 2. The van der Waals surface area contributed by atoms with Gasteiger partial charge in [-0.15, -0.1) is 0 Å². The van der Waals surface area contributed by atoms with E-state index in [1.807, 2.05) is 37.3 Å². The van der Waals surface area contributed by atoms with Crippen molar-refractivity contribution in [2.75, 3.05) is 11.9 Å². The summed E-state index contributed by atoms with van der Waals surface area (Å²) in [6, 6.07) is 17.8. The summed E-state index contributed by atoms with van der Waals surface area (Å²) in [6.07, 6.45) is 1.82. The van der Waals surface area contributed by atoms with Crippen molar-refractivity contribution in [3.63, 3.8) is 0 Å². The summed E-state index contributed by atoms with van der Waals surface area (Å²) >= 11 is 0. The number of nitrogens with zero attached hydrogens (tertiary/aromatic N) is 1. The number of hydrogen-bond donors (Lipinski definition) is 2. The molecule has 0 unspecified atom stereocenters. The van der Waals surface area contributed by atoms with Crippen LogP contribution in [0.2, 0.25) is 0 Å². The van der Waals surface area contributed by atoms with E-state index in [1.165, 1.54) is 6.07 Å². The first-order valence-electron chi connectivity index (χ1n) is 8.86. The van der Waals surface area contributed by atoms with Crippen molar-refractivity contribution >= 4 is 17.6 Å². The van der Waals surface area contributed by atoms with Crippen molar-refractivity contribution in [3.05, 3.63) is 76.6 Å². The molecule has 0 radical (unpaired) electrons. The van der Waals surface area contributed by atoms with Crippen molar-refractivity contribution in [1.82, 2.24) is 9.97 Å². The van der Waals surface area contributed by atoms with Crippen LogP contribution in [0.4, 0.5) is 11.6 Å². The van der Waals surface area contributed by atoms with Gasteiger partial charge in [0, 0.05) is 17.3 Å². The second kappa shape index (κ2) is 8.80. The Morgan fingerprint density at radius 2 is 1.85 bits per heavy atom. The van der Waals surface area contributed by atoms with Crippen LogP contribution in [-0.4, -0.2) is 22.5 Å². The SMILES string of the molecule is CCCCOC(=O)c1ccc(Nc2nc(-c3ccccc3)cc(=O)[nH]2)cc1. The lowest BCUT2D eigenvalue weighted by atomic mass is 10.1. The molecule has 0 aliphatic rings. The molecular formula is C21H21N3O3. The number of hydrogen-bond acceptors (Lipinski definition) is 5. The average Bonchev–Trinajstić information content (AvgIpc) is 2.69. The number of anilines is 2. The molecule has 0 amide bonds. The largest absolute Gasteiger partial charge is 0.462 e. The molecule has 0 aliphatic heterocycles. The molecule has 1 aromatic heterocycles. The number of H-pyrrole nitrogens is 1. The summed E-state index contributed by atoms with van der Waals surface area (Å²) in [4.78, 5) is 31.0. The van der Waals surface area contributed by atoms with Crippen LogP contribution >= 0.6 is 0 Å². The van der Waals surface area contributed by atoms with Crippen molar-refractivity contribution in [1.29, 1.82) is 0 Å². The first kappa shape index (κ1) is 18.4. The normalized spacial score (nSPS) is 10.4. The minimum atomic E-state index is -0.340. The third kappa shape index (κ3) is 5.04. The van der Waals surface area contributed by atoms with Gasteiger partial charge in [0.15, 0.2) is 0 Å². The molecular weight excluding hydrogens is 342 g/mol. The second-order valence-electron chi connectivity index (χ2n) is 6.04. The maximum atomic E-state index is 11.9. The summed E-state index contributed by atoms with van der Waals surface area (Å²) in [6.45, 7) is 2.46. The zero-order chi connectivity index (χ0) is 19.1. The minimum absolute atomic E-state index is 0.248. The van der Waals surface area contributed by atoms with Gasteiger partial charge in [-0.2, -0.15) is 0 Å². The number of rotatable bonds is 7. The molecule has 0 atom stereocenters. The van der Waals surface area contributed by atoms with Gasteiger partial charge in [-0.3, -0.25) is 9.78 Å². The van der Waals surface area contributed by atoms with E-state index >= 15 is 0 Å². The molecule has 0 bridgehead atoms. The summed E-state index contributed by atoms with van der Waals surface area (Å²) < 4.78 is 5.19. The number of carbonyl (C=O) groups is 1. The van der Waals surface area contributed by atoms with Gasteiger partial charge in [0.05, 0.1) is 17.9 Å². The van der Waals surface area contributed by atoms with E-state index in [-0.39, 0.29) is 11.5 Å². The summed E-state index contributed by atoms with van der Waals surface area (Å²) in [5.41, 5.74) is 2.38. The van der Waals surface area contributed by atoms with Crippen LogP contribution in [-0.2, 0) is 4.74 Å². The van der Waals surface area contributed by atoms with Gasteiger partial charge in [0.2, 0.25) is 5.95 Å². The van der Waals surface area contributed by atoms with Crippen molar-refractivity contribution in [2.24, 2.45) is 0 Å². The average molecular weight is 363 g/mol. The summed E-state index contributed by atoms with van der Waals surface area (Å²) in [5.74, 6) is -0.00719. The van der Waals surface area contributed by atoms with Crippen molar-refractivity contribution < 1.29 is 9.53 Å². The van der Waals surface area contributed by atoms with Crippen LogP contribution in [0.3, 0.4) is 0 Å². The number of esters is 1. The lowest BCUT2D eigenvalue weighted by molar-refractivity contribution is 0.0500. The smallest absolute Gasteiger partial charge is 0.338 e. The van der Waals surface area contributed by atoms with Crippen LogP contribution in [0.5, 0.6) is 0 Å². The number of aromatic amines is 1. The molecule has 0 spiro atoms. The fourth-order valence-electron chi connectivity index (χ4n) is 2.49. The quantitative estimate of drug-likeness (QED) is 0.487. The van der Waals surface area contributed by atoms with E-state index < -0.39 is 0 Å². The Morgan fingerprint density at radius 1 is 1.11 bits per heavy atom. The van der Waals surface area contributed by atoms with Crippen LogP contribution < -0.4 is 10.9 Å². The molecule has 3 rings (SSSR count).